The van der Waals surface area contributed by atoms with Gasteiger partial charge < -0.3 is 19.7 Å². The van der Waals surface area contributed by atoms with E-state index in [9.17, 15) is 9.59 Å². The number of nitrogens with one attached hydrogen (secondary N) is 1. The summed E-state index contributed by atoms with van der Waals surface area (Å²) < 4.78 is 5.35. The Balaban J connectivity index is 1.93. The monoisotopic (exact) mass is 294 g/mol. The quantitative estimate of drug-likeness (QED) is 0.874. The Labute approximate surface area is 124 Å². The Morgan fingerprint density at radius 3 is 2.62 bits per heavy atom. The van der Waals surface area contributed by atoms with Crippen LogP contribution in [0.25, 0.3) is 0 Å². The molecule has 1 aliphatic carbocycles. The van der Waals surface area contributed by atoms with E-state index in [4.69, 9.17) is 9.52 Å². The van der Waals surface area contributed by atoms with Crippen molar-refractivity contribution in [3.8, 4) is 0 Å². The number of hydrogen-bond acceptors (Lipinski definition) is 3. The van der Waals surface area contributed by atoms with Crippen LogP contribution in [0.2, 0.25) is 0 Å². The maximum Gasteiger partial charge on any atom is 0.339 e. The van der Waals surface area contributed by atoms with Crippen molar-refractivity contribution in [1.29, 1.82) is 0 Å². The lowest BCUT2D eigenvalue weighted by atomic mass is 10.2. The molecule has 0 atom stereocenters. The van der Waals surface area contributed by atoms with Crippen LogP contribution in [-0.4, -0.2) is 34.6 Å². The zero-order valence-corrected chi connectivity index (χ0v) is 12.5. The minimum atomic E-state index is -1.02. The minimum absolute atomic E-state index is 0.115. The molecular formula is C15H22N2O4. The Bertz CT molecular complexity index is 518. The fraction of sp³-hybridized carbons (Fsp3) is 0.600. The molecule has 21 heavy (non-hydrogen) atoms. The van der Waals surface area contributed by atoms with Crippen LogP contribution in [0, 0.1) is 6.92 Å². The number of carboxylic acid groups (broad SMARTS) is 1. The Hall–Kier alpha value is -1.98. The van der Waals surface area contributed by atoms with Crippen LogP contribution in [0.4, 0.5) is 4.79 Å². The Kier molecular flexibility index (Phi) is 4.88. The number of carbonyl (C=O) groups excluding carboxylic acids is 1. The van der Waals surface area contributed by atoms with Crippen molar-refractivity contribution in [1.82, 2.24) is 10.2 Å². The molecule has 1 aromatic rings. The highest BCUT2D eigenvalue weighted by Crippen LogP contribution is 2.23. The molecule has 0 unspecified atom stereocenters. The SMILES string of the molecule is CCN(C(=O)NCc1cc(C(=O)O)c(C)o1)C1CCCC1. The number of nitrogens with zero attached hydrogens (tertiary/aromatic N) is 1. The third kappa shape index (κ3) is 3.56. The molecule has 0 radical (unpaired) electrons. The van der Waals surface area contributed by atoms with E-state index >= 15 is 0 Å². The average molecular weight is 294 g/mol. The fourth-order valence-electron chi connectivity index (χ4n) is 2.89. The van der Waals surface area contributed by atoms with E-state index in [0.717, 1.165) is 12.8 Å². The summed E-state index contributed by atoms with van der Waals surface area (Å²) in [6.07, 6.45) is 4.47. The highest BCUT2D eigenvalue weighted by molar-refractivity contribution is 5.88. The van der Waals surface area contributed by atoms with Crippen molar-refractivity contribution >= 4 is 12.0 Å². The maximum absolute atomic E-state index is 12.2. The fourth-order valence-corrected chi connectivity index (χ4v) is 2.89. The van der Waals surface area contributed by atoms with Crippen LogP contribution in [-0.2, 0) is 6.54 Å². The molecule has 1 aromatic heterocycles. The van der Waals surface area contributed by atoms with Gasteiger partial charge in [0, 0.05) is 12.6 Å². The number of carbonyl (C=O) groups is 2. The second-order valence-corrected chi connectivity index (χ2v) is 5.37. The first kappa shape index (κ1) is 15.4. The lowest BCUT2D eigenvalue weighted by Gasteiger charge is -2.27. The van der Waals surface area contributed by atoms with Crippen molar-refractivity contribution in [2.75, 3.05) is 6.54 Å². The van der Waals surface area contributed by atoms with Gasteiger partial charge in [0.15, 0.2) is 0 Å². The first-order chi connectivity index (χ1) is 10.0. The highest BCUT2D eigenvalue weighted by Gasteiger charge is 2.25. The van der Waals surface area contributed by atoms with E-state index in [1.807, 2.05) is 11.8 Å². The third-order valence-corrected chi connectivity index (χ3v) is 3.98. The number of carboxylic acids is 1. The van der Waals surface area contributed by atoms with Crippen molar-refractivity contribution in [3.05, 3.63) is 23.2 Å². The zero-order chi connectivity index (χ0) is 15.4. The van der Waals surface area contributed by atoms with E-state index in [1.54, 1.807) is 6.92 Å². The van der Waals surface area contributed by atoms with Crippen LogP contribution in [0.15, 0.2) is 10.5 Å². The summed E-state index contributed by atoms with van der Waals surface area (Å²) in [4.78, 5) is 25.0. The molecule has 2 N–H and O–H groups in total. The Morgan fingerprint density at radius 1 is 1.43 bits per heavy atom. The molecule has 0 aliphatic heterocycles. The van der Waals surface area contributed by atoms with E-state index in [2.05, 4.69) is 5.32 Å². The number of furan rings is 1. The lowest BCUT2D eigenvalue weighted by molar-refractivity contribution is 0.0695. The van der Waals surface area contributed by atoms with Crippen LogP contribution >= 0.6 is 0 Å². The molecule has 116 valence electrons. The first-order valence-corrected chi connectivity index (χ1v) is 7.40. The molecule has 1 fully saturated rings. The summed E-state index contributed by atoms with van der Waals surface area (Å²) in [7, 11) is 0. The van der Waals surface area contributed by atoms with Gasteiger partial charge in [-0.15, -0.1) is 0 Å². The normalized spacial score (nSPS) is 15.1. The summed E-state index contributed by atoms with van der Waals surface area (Å²) in [5, 5.41) is 11.8. The summed E-state index contributed by atoms with van der Waals surface area (Å²) in [5.41, 5.74) is 0.141. The van der Waals surface area contributed by atoms with Gasteiger partial charge in [-0.2, -0.15) is 0 Å². The highest BCUT2D eigenvalue weighted by atomic mass is 16.4. The van der Waals surface area contributed by atoms with Gasteiger partial charge in [0.05, 0.1) is 6.54 Å². The van der Waals surface area contributed by atoms with E-state index in [-0.39, 0.29) is 18.1 Å². The standard InChI is InChI=1S/C15H22N2O4/c1-3-17(11-6-4-5-7-11)15(20)16-9-12-8-13(14(18)19)10(2)21-12/h8,11H,3-7,9H2,1-2H3,(H,16,20)(H,18,19). The van der Waals surface area contributed by atoms with Gasteiger partial charge in [0.1, 0.15) is 17.1 Å². The van der Waals surface area contributed by atoms with Gasteiger partial charge in [-0.05, 0) is 32.8 Å². The molecule has 0 aromatic carbocycles. The molecule has 0 saturated heterocycles. The van der Waals surface area contributed by atoms with Crippen LogP contribution in [0.3, 0.4) is 0 Å². The van der Waals surface area contributed by atoms with E-state index in [1.165, 1.54) is 18.9 Å². The summed E-state index contributed by atoms with van der Waals surface area (Å²) in [5.74, 6) is -0.203. The number of aryl methyl sites for hydroxylation is 1. The van der Waals surface area contributed by atoms with Crippen molar-refractivity contribution < 1.29 is 19.1 Å². The van der Waals surface area contributed by atoms with Crippen LogP contribution in [0.1, 0.15) is 54.5 Å². The average Bonchev–Trinajstić information content (AvgIpc) is 3.07. The van der Waals surface area contributed by atoms with Gasteiger partial charge in [0.25, 0.3) is 0 Å². The molecule has 2 rings (SSSR count). The van der Waals surface area contributed by atoms with Crippen molar-refractivity contribution in [3.63, 3.8) is 0 Å². The molecular weight excluding hydrogens is 272 g/mol. The third-order valence-electron chi connectivity index (χ3n) is 3.98. The maximum atomic E-state index is 12.2. The Morgan fingerprint density at radius 2 is 2.10 bits per heavy atom. The van der Waals surface area contributed by atoms with E-state index in [0.29, 0.717) is 24.1 Å². The first-order valence-electron chi connectivity index (χ1n) is 7.40. The van der Waals surface area contributed by atoms with Gasteiger partial charge in [0.2, 0.25) is 0 Å². The van der Waals surface area contributed by atoms with Crippen LogP contribution in [0.5, 0.6) is 0 Å². The molecule has 1 saturated carbocycles. The second-order valence-electron chi connectivity index (χ2n) is 5.37. The predicted molar refractivity (Wildman–Crippen MR) is 77.3 cm³/mol. The molecule has 6 heteroatoms. The molecule has 6 nitrogen and oxygen atoms in total. The smallest absolute Gasteiger partial charge is 0.339 e. The van der Waals surface area contributed by atoms with Gasteiger partial charge in [-0.1, -0.05) is 12.8 Å². The molecule has 0 spiro atoms. The number of amides is 2. The molecule has 1 aliphatic rings. The van der Waals surface area contributed by atoms with Crippen molar-refractivity contribution in [2.24, 2.45) is 0 Å². The minimum Gasteiger partial charge on any atom is -0.478 e. The number of urea groups is 1. The van der Waals surface area contributed by atoms with E-state index < -0.39 is 5.97 Å². The number of rotatable bonds is 5. The van der Waals surface area contributed by atoms with Gasteiger partial charge in [-0.25, -0.2) is 9.59 Å². The second kappa shape index (κ2) is 6.65. The van der Waals surface area contributed by atoms with Crippen molar-refractivity contribution in [2.45, 2.75) is 52.1 Å². The number of aromatic carboxylic acids is 1. The number of hydrogen-bond donors (Lipinski definition) is 2. The largest absolute Gasteiger partial charge is 0.478 e. The predicted octanol–water partition coefficient (Wildman–Crippen LogP) is 2.76. The molecule has 0 bridgehead atoms. The lowest BCUT2D eigenvalue weighted by Crippen LogP contribution is -2.44. The molecule has 1 heterocycles. The topological polar surface area (TPSA) is 82.8 Å². The van der Waals surface area contributed by atoms with Gasteiger partial charge in [-0.3, -0.25) is 0 Å². The summed E-state index contributed by atoms with van der Waals surface area (Å²) >= 11 is 0. The van der Waals surface area contributed by atoms with Crippen LogP contribution < -0.4 is 5.32 Å². The summed E-state index contributed by atoms with van der Waals surface area (Å²) in [6, 6.07) is 1.67. The molecule has 2 amide bonds. The summed E-state index contributed by atoms with van der Waals surface area (Å²) in [6.45, 7) is 4.45. The zero-order valence-electron chi connectivity index (χ0n) is 12.5. The van der Waals surface area contributed by atoms with Gasteiger partial charge >= 0.3 is 12.0 Å².